The molecular formula is C16H26FN3. The molecule has 1 aromatic rings. The molecule has 0 bridgehead atoms. The third-order valence-corrected chi connectivity index (χ3v) is 3.93. The number of halogens is 1. The molecule has 0 amide bonds. The van der Waals surface area contributed by atoms with E-state index in [0.29, 0.717) is 6.04 Å². The number of likely N-dealkylation sites (N-methyl/N-ethyl adjacent to an activating group) is 1. The van der Waals surface area contributed by atoms with Crippen LogP contribution in [0.25, 0.3) is 0 Å². The Hall–Kier alpha value is -1.13. The molecule has 1 atom stereocenters. The largest absolute Gasteiger partial charge is 0.364 e. The first-order valence-electron chi connectivity index (χ1n) is 7.56. The predicted molar refractivity (Wildman–Crippen MR) is 82.7 cm³/mol. The van der Waals surface area contributed by atoms with Crippen LogP contribution in [0.4, 0.5) is 10.1 Å². The maximum absolute atomic E-state index is 14.3. The van der Waals surface area contributed by atoms with Crippen molar-refractivity contribution in [1.29, 1.82) is 0 Å². The summed E-state index contributed by atoms with van der Waals surface area (Å²) in [5, 5.41) is 3.38. The van der Waals surface area contributed by atoms with Crippen molar-refractivity contribution < 1.29 is 4.39 Å². The zero-order valence-electron chi connectivity index (χ0n) is 12.8. The van der Waals surface area contributed by atoms with E-state index in [0.717, 1.165) is 50.4 Å². The fourth-order valence-electron chi connectivity index (χ4n) is 2.90. The lowest BCUT2D eigenvalue weighted by Gasteiger charge is -2.40. The minimum atomic E-state index is -0.0998. The van der Waals surface area contributed by atoms with E-state index >= 15 is 0 Å². The average Bonchev–Trinajstić information content (AvgIpc) is 2.41. The van der Waals surface area contributed by atoms with Crippen molar-refractivity contribution in [3.63, 3.8) is 0 Å². The van der Waals surface area contributed by atoms with Crippen LogP contribution in [0.2, 0.25) is 0 Å². The molecule has 0 saturated carbocycles. The van der Waals surface area contributed by atoms with Crippen LogP contribution in [0.3, 0.4) is 0 Å². The minimum Gasteiger partial charge on any atom is -0.364 e. The number of benzene rings is 1. The van der Waals surface area contributed by atoms with Crippen LogP contribution in [0.1, 0.15) is 25.8 Å². The number of anilines is 1. The van der Waals surface area contributed by atoms with Crippen LogP contribution in [0.5, 0.6) is 0 Å². The summed E-state index contributed by atoms with van der Waals surface area (Å²) in [7, 11) is 2.12. The van der Waals surface area contributed by atoms with E-state index in [4.69, 9.17) is 0 Å². The van der Waals surface area contributed by atoms with E-state index < -0.39 is 0 Å². The Bertz CT molecular complexity index is 436. The second kappa shape index (κ2) is 7.04. The van der Waals surface area contributed by atoms with Gasteiger partial charge in [-0.05, 0) is 38.6 Å². The molecule has 112 valence electrons. The Morgan fingerprint density at radius 2 is 2.15 bits per heavy atom. The number of hydrogen-bond acceptors (Lipinski definition) is 3. The lowest BCUT2D eigenvalue weighted by Crippen LogP contribution is -2.51. The summed E-state index contributed by atoms with van der Waals surface area (Å²) in [5.41, 5.74) is 1.85. The van der Waals surface area contributed by atoms with Gasteiger partial charge < -0.3 is 15.1 Å². The summed E-state index contributed by atoms with van der Waals surface area (Å²) in [6.45, 7) is 8.87. The predicted octanol–water partition coefficient (Wildman–Crippen LogP) is 2.47. The van der Waals surface area contributed by atoms with Gasteiger partial charge in [-0.25, -0.2) is 4.39 Å². The Morgan fingerprint density at radius 1 is 1.35 bits per heavy atom. The first-order chi connectivity index (χ1) is 9.63. The molecular weight excluding hydrogens is 253 g/mol. The van der Waals surface area contributed by atoms with Gasteiger partial charge in [0.1, 0.15) is 5.82 Å². The zero-order valence-corrected chi connectivity index (χ0v) is 12.8. The summed E-state index contributed by atoms with van der Waals surface area (Å²) in [5.74, 6) is -0.0998. The van der Waals surface area contributed by atoms with Gasteiger partial charge in [0.2, 0.25) is 0 Å². The standard InChI is InChI=1S/C16H26FN3/c1-4-8-18-11-14-6-5-7-15(17)16(14)20-10-9-19(3)12-13(20)2/h5-7,13,18H,4,8-12H2,1-3H3. The molecule has 1 fully saturated rings. The van der Waals surface area contributed by atoms with Gasteiger partial charge in [0.05, 0.1) is 5.69 Å². The van der Waals surface area contributed by atoms with Crippen molar-refractivity contribution >= 4 is 5.69 Å². The van der Waals surface area contributed by atoms with E-state index in [9.17, 15) is 4.39 Å². The summed E-state index contributed by atoms with van der Waals surface area (Å²) in [6.07, 6.45) is 1.09. The van der Waals surface area contributed by atoms with Crippen LogP contribution in [0, 0.1) is 5.82 Å². The average molecular weight is 279 g/mol. The topological polar surface area (TPSA) is 18.5 Å². The normalized spacial score (nSPS) is 20.4. The molecule has 0 radical (unpaired) electrons. The molecule has 3 nitrogen and oxygen atoms in total. The second-order valence-corrected chi connectivity index (χ2v) is 5.73. The second-order valence-electron chi connectivity index (χ2n) is 5.73. The number of piperazine rings is 1. The third-order valence-electron chi connectivity index (χ3n) is 3.93. The first kappa shape index (κ1) is 15.3. The molecule has 0 spiro atoms. The summed E-state index contributed by atoms with van der Waals surface area (Å²) >= 11 is 0. The molecule has 1 unspecified atom stereocenters. The quantitative estimate of drug-likeness (QED) is 0.835. The SMILES string of the molecule is CCCNCc1cccc(F)c1N1CCN(C)CC1C. The van der Waals surface area contributed by atoms with Crippen molar-refractivity contribution in [2.75, 3.05) is 38.1 Å². The third kappa shape index (κ3) is 3.49. The van der Waals surface area contributed by atoms with Crippen LogP contribution in [-0.4, -0.2) is 44.2 Å². The Labute approximate surface area is 121 Å². The highest BCUT2D eigenvalue weighted by Crippen LogP contribution is 2.28. The maximum atomic E-state index is 14.3. The highest BCUT2D eigenvalue weighted by atomic mass is 19.1. The van der Waals surface area contributed by atoms with Gasteiger partial charge in [0.15, 0.2) is 0 Å². The molecule has 20 heavy (non-hydrogen) atoms. The zero-order chi connectivity index (χ0) is 14.5. The van der Waals surface area contributed by atoms with Crippen molar-refractivity contribution in [3.8, 4) is 0 Å². The molecule has 1 N–H and O–H groups in total. The van der Waals surface area contributed by atoms with Gasteiger partial charge in [-0.1, -0.05) is 19.1 Å². The molecule has 1 aromatic carbocycles. The van der Waals surface area contributed by atoms with Gasteiger partial charge in [-0.3, -0.25) is 0 Å². The summed E-state index contributed by atoms with van der Waals surface area (Å²) in [4.78, 5) is 4.52. The smallest absolute Gasteiger partial charge is 0.146 e. The van der Waals surface area contributed by atoms with E-state index in [1.165, 1.54) is 0 Å². The monoisotopic (exact) mass is 279 g/mol. The minimum absolute atomic E-state index is 0.0998. The number of rotatable bonds is 5. The van der Waals surface area contributed by atoms with Crippen molar-refractivity contribution in [2.24, 2.45) is 0 Å². The maximum Gasteiger partial charge on any atom is 0.146 e. The van der Waals surface area contributed by atoms with Gasteiger partial charge in [0, 0.05) is 32.2 Å². The van der Waals surface area contributed by atoms with Crippen LogP contribution in [0.15, 0.2) is 18.2 Å². The van der Waals surface area contributed by atoms with E-state index in [1.54, 1.807) is 6.07 Å². The Balaban J connectivity index is 2.20. The molecule has 0 aromatic heterocycles. The van der Waals surface area contributed by atoms with Crippen LogP contribution >= 0.6 is 0 Å². The van der Waals surface area contributed by atoms with Crippen LogP contribution < -0.4 is 10.2 Å². The molecule has 1 aliphatic rings. The lowest BCUT2D eigenvalue weighted by atomic mass is 10.1. The van der Waals surface area contributed by atoms with E-state index in [-0.39, 0.29) is 5.82 Å². The number of nitrogens with one attached hydrogen (secondary N) is 1. The van der Waals surface area contributed by atoms with Gasteiger partial charge >= 0.3 is 0 Å². The van der Waals surface area contributed by atoms with Gasteiger partial charge in [0.25, 0.3) is 0 Å². The highest BCUT2D eigenvalue weighted by Gasteiger charge is 2.25. The fourth-order valence-corrected chi connectivity index (χ4v) is 2.90. The molecule has 0 aliphatic carbocycles. The van der Waals surface area contributed by atoms with E-state index in [2.05, 4.69) is 36.0 Å². The van der Waals surface area contributed by atoms with Crippen molar-refractivity contribution in [2.45, 2.75) is 32.9 Å². The van der Waals surface area contributed by atoms with Crippen molar-refractivity contribution in [3.05, 3.63) is 29.6 Å². The molecule has 1 heterocycles. The molecule has 2 rings (SSSR count). The number of para-hydroxylation sites is 1. The van der Waals surface area contributed by atoms with Crippen LogP contribution in [-0.2, 0) is 6.54 Å². The Morgan fingerprint density at radius 3 is 2.85 bits per heavy atom. The van der Waals surface area contributed by atoms with Gasteiger partial charge in [-0.2, -0.15) is 0 Å². The molecule has 1 aliphatic heterocycles. The summed E-state index contributed by atoms with van der Waals surface area (Å²) < 4.78 is 14.3. The lowest BCUT2D eigenvalue weighted by molar-refractivity contribution is 0.274. The van der Waals surface area contributed by atoms with Crippen molar-refractivity contribution in [1.82, 2.24) is 10.2 Å². The number of nitrogens with zero attached hydrogens (tertiary/aromatic N) is 2. The first-order valence-corrected chi connectivity index (χ1v) is 7.56. The van der Waals surface area contributed by atoms with Gasteiger partial charge in [-0.15, -0.1) is 0 Å². The Kier molecular flexibility index (Phi) is 5.38. The summed E-state index contributed by atoms with van der Waals surface area (Å²) in [6, 6.07) is 5.76. The van der Waals surface area contributed by atoms with E-state index in [1.807, 2.05) is 12.1 Å². The highest BCUT2D eigenvalue weighted by molar-refractivity contribution is 5.56. The number of hydrogen-bond donors (Lipinski definition) is 1. The molecule has 4 heteroatoms. The molecule has 1 saturated heterocycles. The fraction of sp³-hybridized carbons (Fsp3) is 0.625.